The van der Waals surface area contributed by atoms with E-state index in [9.17, 15) is 0 Å². The molecule has 17 heavy (non-hydrogen) atoms. The van der Waals surface area contributed by atoms with Crippen LogP contribution in [0, 0.1) is 0 Å². The average molecular weight is 240 g/mol. The van der Waals surface area contributed by atoms with Crippen LogP contribution in [0.1, 0.15) is 0 Å². The predicted molar refractivity (Wildman–Crippen MR) is 73.8 cm³/mol. The number of fused-ring (bicyclic) bond motifs is 1. The standard InChI is InChI=1S/C15H12OS/c1-16-14-8-3-5-11-12(14)6-2-7-13(11)15-9-4-10-17-15/h2-10H,1H3. The summed E-state index contributed by atoms with van der Waals surface area (Å²) in [6.07, 6.45) is 0. The average Bonchev–Trinajstić information content (AvgIpc) is 2.91. The fraction of sp³-hybridized carbons (Fsp3) is 0.0667. The molecule has 0 N–H and O–H groups in total. The Labute approximate surface area is 104 Å². The Morgan fingerprint density at radius 3 is 2.47 bits per heavy atom. The lowest BCUT2D eigenvalue weighted by Gasteiger charge is -2.08. The smallest absolute Gasteiger partial charge is 0.126 e. The van der Waals surface area contributed by atoms with Gasteiger partial charge in [0.05, 0.1) is 7.11 Å². The Kier molecular flexibility index (Phi) is 2.57. The van der Waals surface area contributed by atoms with Gasteiger partial charge in [0.25, 0.3) is 0 Å². The van der Waals surface area contributed by atoms with Crippen molar-refractivity contribution in [3.8, 4) is 16.2 Å². The van der Waals surface area contributed by atoms with Crippen LogP contribution in [0.3, 0.4) is 0 Å². The highest BCUT2D eigenvalue weighted by molar-refractivity contribution is 7.13. The van der Waals surface area contributed by atoms with Gasteiger partial charge in [-0.05, 0) is 28.5 Å². The molecule has 0 aliphatic rings. The number of ether oxygens (including phenoxy) is 1. The van der Waals surface area contributed by atoms with E-state index in [0.29, 0.717) is 0 Å². The molecule has 0 bridgehead atoms. The van der Waals surface area contributed by atoms with Gasteiger partial charge < -0.3 is 4.74 Å². The highest BCUT2D eigenvalue weighted by Crippen LogP contribution is 2.35. The third-order valence-corrected chi connectivity index (χ3v) is 3.79. The largest absolute Gasteiger partial charge is 0.496 e. The number of thiophene rings is 1. The van der Waals surface area contributed by atoms with E-state index in [1.165, 1.54) is 21.2 Å². The Hall–Kier alpha value is -1.80. The van der Waals surface area contributed by atoms with E-state index in [1.807, 2.05) is 12.1 Å². The maximum atomic E-state index is 5.40. The van der Waals surface area contributed by atoms with Crippen LogP contribution in [0.4, 0.5) is 0 Å². The summed E-state index contributed by atoms with van der Waals surface area (Å²) in [6.45, 7) is 0. The van der Waals surface area contributed by atoms with E-state index in [2.05, 4.69) is 41.8 Å². The third-order valence-electron chi connectivity index (χ3n) is 2.89. The molecule has 1 heterocycles. The van der Waals surface area contributed by atoms with Crippen LogP contribution in [-0.4, -0.2) is 7.11 Å². The minimum absolute atomic E-state index is 0.931. The van der Waals surface area contributed by atoms with E-state index in [-0.39, 0.29) is 0 Å². The van der Waals surface area contributed by atoms with Gasteiger partial charge in [-0.15, -0.1) is 11.3 Å². The molecule has 3 rings (SSSR count). The van der Waals surface area contributed by atoms with Crippen molar-refractivity contribution in [2.75, 3.05) is 7.11 Å². The van der Waals surface area contributed by atoms with E-state index >= 15 is 0 Å². The van der Waals surface area contributed by atoms with Crippen molar-refractivity contribution in [2.24, 2.45) is 0 Å². The van der Waals surface area contributed by atoms with Gasteiger partial charge in [0, 0.05) is 10.3 Å². The molecule has 0 amide bonds. The zero-order valence-electron chi connectivity index (χ0n) is 9.51. The van der Waals surface area contributed by atoms with Gasteiger partial charge in [-0.3, -0.25) is 0 Å². The third kappa shape index (κ3) is 1.71. The van der Waals surface area contributed by atoms with Gasteiger partial charge in [-0.1, -0.05) is 36.4 Å². The van der Waals surface area contributed by atoms with Crippen molar-refractivity contribution in [3.05, 3.63) is 53.9 Å². The van der Waals surface area contributed by atoms with Crippen molar-refractivity contribution >= 4 is 22.1 Å². The van der Waals surface area contributed by atoms with Crippen LogP contribution in [-0.2, 0) is 0 Å². The molecular formula is C15H12OS. The summed E-state index contributed by atoms with van der Waals surface area (Å²) < 4.78 is 5.40. The lowest BCUT2D eigenvalue weighted by atomic mass is 10.0. The fourth-order valence-corrected chi connectivity index (χ4v) is 2.87. The van der Waals surface area contributed by atoms with E-state index < -0.39 is 0 Å². The highest BCUT2D eigenvalue weighted by atomic mass is 32.1. The summed E-state index contributed by atoms with van der Waals surface area (Å²) in [5, 5.41) is 4.52. The van der Waals surface area contributed by atoms with E-state index in [0.717, 1.165) is 5.75 Å². The summed E-state index contributed by atoms with van der Waals surface area (Å²) >= 11 is 1.76. The molecule has 2 aromatic carbocycles. The summed E-state index contributed by atoms with van der Waals surface area (Å²) in [4.78, 5) is 1.30. The predicted octanol–water partition coefficient (Wildman–Crippen LogP) is 4.58. The van der Waals surface area contributed by atoms with Gasteiger partial charge in [-0.2, -0.15) is 0 Å². The van der Waals surface area contributed by atoms with Crippen LogP contribution < -0.4 is 4.74 Å². The van der Waals surface area contributed by atoms with Gasteiger partial charge in [-0.25, -0.2) is 0 Å². The summed E-state index contributed by atoms with van der Waals surface area (Å²) in [5.74, 6) is 0.931. The highest BCUT2D eigenvalue weighted by Gasteiger charge is 2.07. The summed E-state index contributed by atoms with van der Waals surface area (Å²) in [7, 11) is 1.71. The van der Waals surface area contributed by atoms with Gasteiger partial charge in [0.2, 0.25) is 0 Å². The van der Waals surface area contributed by atoms with E-state index in [4.69, 9.17) is 4.74 Å². The van der Waals surface area contributed by atoms with Crippen molar-refractivity contribution in [2.45, 2.75) is 0 Å². The molecule has 0 atom stereocenters. The molecule has 0 aliphatic carbocycles. The van der Waals surface area contributed by atoms with Crippen LogP contribution in [0.5, 0.6) is 5.75 Å². The molecule has 0 aliphatic heterocycles. The Balaban J connectivity index is 2.34. The number of hydrogen-bond donors (Lipinski definition) is 0. The van der Waals surface area contributed by atoms with Gasteiger partial charge in [0.1, 0.15) is 5.75 Å². The minimum Gasteiger partial charge on any atom is -0.496 e. The topological polar surface area (TPSA) is 9.23 Å². The fourth-order valence-electron chi connectivity index (χ4n) is 2.11. The van der Waals surface area contributed by atoms with Crippen molar-refractivity contribution < 1.29 is 4.74 Å². The maximum absolute atomic E-state index is 5.40. The van der Waals surface area contributed by atoms with Crippen molar-refractivity contribution in [1.82, 2.24) is 0 Å². The molecule has 2 heteroatoms. The second-order valence-electron chi connectivity index (χ2n) is 3.84. The molecule has 1 nitrogen and oxygen atoms in total. The number of hydrogen-bond acceptors (Lipinski definition) is 2. The molecule has 0 spiro atoms. The Bertz CT molecular complexity index is 641. The SMILES string of the molecule is COc1cccc2c(-c3cccs3)cccc12. The second-order valence-corrected chi connectivity index (χ2v) is 4.79. The molecule has 0 unspecified atom stereocenters. The zero-order valence-corrected chi connectivity index (χ0v) is 10.3. The number of benzene rings is 2. The number of rotatable bonds is 2. The molecule has 0 saturated carbocycles. The molecule has 0 saturated heterocycles. The monoisotopic (exact) mass is 240 g/mol. The van der Waals surface area contributed by atoms with Gasteiger partial charge >= 0.3 is 0 Å². The quantitative estimate of drug-likeness (QED) is 0.637. The molecule has 0 fully saturated rings. The maximum Gasteiger partial charge on any atom is 0.126 e. The van der Waals surface area contributed by atoms with Crippen LogP contribution >= 0.6 is 11.3 Å². The van der Waals surface area contributed by atoms with Crippen LogP contribution in [0.15, 0.2) is 53.9 Å². The summed E-state index contributed by atoms with van der Waals surface area (Å²) in [5.41, 5.74) is 1.27. The molecular weight excluding hydrogens is 228 g/mol. The molecule has 3 aromatic rings. The first-order valence-electron chi connectivity index (χ1n) is 5.50. The van der Waals surface area contributed by atoms with Crippen molar-refractivity contribution in [3.63, 3.8) is 0 Å². The summed E-state index contributed by atoms with van der Waals surface area (Å²) in [6, 6.07) is 16.8. The number of methoxy groups -OCH3 is 1. The second kappa shape index (κ2) is 4.22. The first-order valence-corrected chi connectivity index (χ1v) is 6.38. The Morgan fingerprint density at radius 1 is 0.882 bits per heavy atom. The van der Waals surface area contributed by atoms with E-state index in [1.54, 1.807) is 18.4 Å². The first kappa shape index (κ1) is 10.4. The lowest BCUT2D eigenvalue weighted by molar-refractivity contribution is 0.420. The van der Waals surface area contributed by atoms with Crippen LogP contribution in [0.25, 0.3) is 21.2 Å². The zero-order chi connectivity index (χ0) is 11.7. The minimum atomic E-state index is 0.931. The lowest BCUT2D eigenvalue weighted by Crippen LogP contribution is -1.85. The van der Waals surface area contributed by atoms with Gasteiger partial charge in [0.15, 0.2) is 0 Å². The molecule has 1 aromatic heterocycles. The normalized spacial score (nSPS) is 10.6. The first-order chi connectivity index (χ1) is 8.40. The van der Waals surface area contributed by atoms with Crippen molar-refractivity contribution in [1.29, 1.82) is 0 Å². The van der Waals surface area contributed by atoms with Crippen LogP contribution in [0.2, 0.25) is 0 Å². The Morgan fingerprint density at radius 2 is 1.71 bits per heavy atom. The molecule has 0 radical (unpaired) electrons. The molecule has 84 valence electrons.